The number of carboxylic acid groups (broad SMARTS) is 1. The molecule has 0 bridgehead atoms. The number of sulfonamides is 1. The summed E-state index contributed by atoms with van der Waals surface area (Å²) in [6.07, 6.45) is 0.382. The van der Waals surface area contributed by atoms with Gasteiger partial charge >= 0.3 is 5.97 Å². The molecule has 16 heavy (non-hydrogen) atoms. The number of piperazine rings is 1. The Kier molecular flexibility index (Phi) is 3.87. The van der Waals surface area contributed by atoms with Crippen molar-refractivity contribution in [2.45, 2.75) is 19.4 Å². The number of aliphatic carboxylic acids is 1. The van der Waals surface area contributed by atoms with Crippen molar-refractivity contribution < 1.29 is 23.1 Å². The number of hydrogen-bond acceptors (Lipinski definition) is 4. The summed E-state index contributed by atoms with van der Waals surface area (Å²) >= 11 is 0. The maximum Gasteiger partial charge on any atom is 0.323 e. The average molecular weight is 250 g/mol. The number of nitrogens with one attached hydrogen (secondary N) is 1. The molecule has 1 saturated heterocycles. The second-order valence-corrected chi connectivity index (χ2v) is 5.56. The molecule has 92 valence electrons. The summed E-state index contributed by atoms with van der Waals surface area (Å²) < 4.78 is 24.2. The number of carboxylic acids is 1. The van der Waals surface area contributed by atoms with Crippen LogP contribution in [0.1, 0.15) is 13.3 Å². The van der Waals surface area contributed by atoms with E-state index >= 15 is 0 Å². The molecule has 1 aliphatic heterocycles. The van der Waals surface area contributed by atoms with Gasteiger partial charge in [-0.1, -0.05) is 6.92 Å². The first kappa shape index (κ1) is 12.9. The van der Waals surface area contributed by atoms with Gasteiger partial charge in [0, 0.05) is 6.54 Å². The van der Waals surface area contributed by atoms with Gasteiger partial charge in [-0.05, 0) is 6.42 Å². The van der Waals surface area contributed by atoms with Gasteiger partial charge < -0.3 is 10.4 Å². The van der Waals surface area contributed by atoms with Crippen molar-refractivity contribution in [3.63, 3.8) is 0 Å². The van der Waals surface area contributed by atoms with E-state index in [4.69, 9.17) is 5.11 Å². The maximum absolute atomic E-state index is 11.7. The van der Waals surface area contributed by atoms with Crippen LogP contribution in [0, 0.1) is 0 Å². The lowest BCUT2D eigenvalue weighted by atomic mass is 10.2. The highest BCUT2D eigenvalue weighted by Crippen LogP contribution is 2.12. The lowest BCUT2D eigenvalue weighted by Gasteiger charge is -2.31. The molecule has 0 aliphatic carbocycles. The SMILES string of the molecule is CCCS(=O)(=O)N1CC(=O)NCC1C(=O)O. The highest BCUT2D eigenvalue weighted by molar-refractivity contribution is 7.89. The normalized spacial score (nSPS) is 22.8. The second-order valence-electron chi connectivity index (χ2n) is 3.52. The molecule has 0 radical (unpaired) electrons. The molecule has 8 heteroatoms. The fourth-order valence-corrected chi connectivity index (χ4v) is 3.11. The monoisotopic (exact) mass is 250 g/mol. The first-order chi connectivity index (χ1) is 7.38. The molecule has 0 spiro atoms. The number of rotatable bonds is 4. The maximum atomic E-state index is 11.7. The number of carbonyl (C=O) groups is 2. The van der Waals surface area contributed by atoms with Crippen LogP contribution in [0.5, 0.6) is 0 Å². The Morgan fingerprint density at radius 2 is 2.25 bits per heavy atom. The molecule has 2 N–H and O–H groups in total. The van der Waals surface area contributed by atoms with Gasteiger partial charge in [-0.25, -0.2) is 8.42 Å². The Bertz CT molecular complexity index is 391. The molecule has 1 atom stereocenters. The average Bonchev–Trinajstić information content (AvgIpc) is 2.17. The zero-order chi connectivity index (χ0) is 12.3. The van der Waals surface area contributed by atoms with Gasteiger partial charge in [-0.2, -0.15) is 4.31 Å². The van der Waals surface area contributed by atoms with E-state index in [9.17, 15) is 18.0 Å². The largest absolute Gasteiger partial charge is 0.480 e. The topological polar surface area (TPSA) is 104 Å². The van der Waals surface area contributed by atoms with Crippen molar-refractivity contribution in [2.24, 2.45) is 0 Å². The third-order valence-electron chi connectivity index (χ3n) is 2.24. The minimum absolute atomic E-state index is 0.149. The van der Waals surface area contributed by atoms with E-state index in [0.717, 1.165) is 4.31 Å². The van der Waals surface area contributed by atoms with Gasteiger partial charge in [0.05, 0.1) is 12.3 Å². The quantitative estimate of drug-likeness (QED) is 0.639. The summed E-state index contributed by atoms with van der Waals surface area (Å²) in [7, 11) is -3.67. The van der Waals surface area contributed by atoms with Crippen LogP contribution in [0.15, 0.2) is 0 Å². The number of carbonyl (C=O) groups excluding carboxylic acids is 1. The van der Waals surface area contributed by atoms with E-state index in [1.807, 2.05) is 0 Å². The van der Waals surface area contributed by atoms with Gasteiger partial charge in [0.1, 0.15) is 6.04 Å². The van der Waals surface area contributed by atoms with Gasteiger partial charge in [-0.15, -0.1) is 0 Å². The third kappa shape index (κ3) is 2.70. The van der Waals surface area contributed by atoms with E-state index in [1.165, 1.54) is 0 Å². The van der Waals surface area contributed by atoms with Crippen molar-refractivity contribution in [3.8, 4) is 0 Å². The Hall–Kier alpha value is -1.15. The molecule has 0 saturated carbocycles. The summed E-state index contributed by atoms with van der Waals surface area (Å²) in [5.74, 6) is -1.87. The Morgan fingerprint density at radius 3 is 2.75 bits per heavy atom. The summed E-state index contributed by atoms with van der Waals surface area (Å²) in [5, 5.41) is 11.2. The molecular formula is C8H14N2O5S. The van der Waals surface area contributed by atoms with Gasteiger partial charge in [-0.3, -0.25) is 9.59 Å². The van der Waals surface area contributed by atoms with E-state index in [-0.39, 0.29) is 12.3 Å². The Labute approximate surface area is 93.5 Å². The third-order valence-corrected chi connectivity index (χ3v) is 4.27. The standard InChI is InChI=1S/C8H14N2O5S/c1-2-3-16(14,15)10-5-7(11)9-4-6(10)8(12)13/h6H,2-5H2,1H3,(H,9,11)(H,12,13). The predicted molar refractivity (Wildman–Crippen MR) is 55.2 cm³/mol. The van der Waals surface area contributed by atoms with Crippen molar-refractivity contribution in [3.05, 3.63) is 0 Å². The van der Waals surface area contributed by atoms with Crippen LogP contribution < -0.4 is 5.32 Å². The molecule has 1 heterocycles. The molecule has 1 amide bonds. The first-order valence-corrected chi connectivity index (χ1v) is 6.48. The van der Waals surface area contributed by atoms with Crippen LogP contribution in [0.2, 0.25) is 0 Å². The van der Waals surface area contributed by atoms with Crippen LogP contribution >= 0.6 is 0 Å². The van der Waals surface area contributed by atoms with Gasteiger partial charge in [0.25, 0.3) is 0 Å². The van der Waals surface area contributed by atoms with Crippen LogP contribution in [0.3, 0.4) is 0 Å². The van der Waals surface area contributed by atoms with Crippen LogP contribution in [0.25, 0.3) is 0 Å². The van der Waals surface area contributed by atoms with Crippen molar-refractivity contribution in [1.82, 2.24) is 9.62 Å². The second kappa shape index (κ2) is 4.79. The van der Waals surface area contributed by atoms with Crippen LogP contribution in [-0.4, -0.2) is 54.6 Å². The Balaban J connectivity index is 2.95. The summed E-state index contributed by atoms with van der Waals surface area (Å²) in [6, 6.07) is -1.20. The highest BCUT2D eigenvalue weighted by atomic mass is 32.2. The fourth-order valence-electron chi connectivity index (χ4n) is 1.50. The van der Waals surface area contributed by atoms with Crippen LogP contribution in [0.4, 0.5) is 0 Å². The van der Waals surface area contributed by atoms with Crippen molar-refractivity contribution in [2.75, 3.05) is 18.8 Å². The minimum Gasteiger partial charge on any atom is -0.480 e. The van der Waals surface area contributed by atoms with E-state index in [2.05, 4.69) is 5.32 Å². The van der Waals surface area contributed by atoms with Crippen LogP contribution in [-0.2, 0) is 19.6 Å². The lowest BCUT2D eigenvalue weighted by Crippen LogP contribution is -2.59. The highest BCUT2D eigenvalue weighted by Gasteiger charge is 2.38. The molecule has 7 nitrogen and oxygen atoms in total. The number of hydrogen-bond donors (Lipinski definition) is 2. The van der Waals surface area contributed by atoms with E-state index in [0.29, 0.717) is 6.42 Å². The molecule has 1 fully saturated rings. The zero-order valence-corrected chi connectivity index (χ0v) is 9.66. The predicted octanol–water partition coefficient (Wildman–Crippen LogP) is -1.39. The van der Waals surface area contributed by atoms with Gasteiger partial charge in [0.15, 0.2) is 0 Å². The summed E-state index contributed by atoms with van der Waals surface area (Å²) in [5.41, 5.74) is 0. The van der Waals surface area contributed by atoms with Gasteiger partial charge in [0.2, 0.25) is 15.9 Å². The Morgan fingerprint density at radius 1 is 1.62 bits per heavy atom. The lowest BCUT2D eigenvalue weighted by molar-refractivity contribution is -0.143. The molecule has 0 aromatic rings. The molecule has 0 aromatic heterocycles. The van der Waals surface area contributed by atoms with Crippen molar-refractivity contribution >= 4 is 21.9 Å². The molecule has 0 aromatic carbocycles. The number of nitrogens with zero attached hydrogens (tertiary/aromatic N) is 1. The summed E-state index contributed by atoms with van der Waals surface area (Å²) in [4.78, 5) is 21.9. The fraction of sp³-hybridized carbons (Fsp3) is 0.750. The minimum atomic E-state index is -3.67. The smallest absolute Gasteiger partial charge is 0.323 e. The zero-order valence-electron chi connectivity index (χ0n) is 8.84. The summed E-state index contributed by atoms with van der Waals surface area (Å²) in [6.45, 7) is 1.08. The first-order valence-electron chi connectivity index (χ1n) is 4.87. The molecule has 1 aliphatic rings. The molecule has 1 rings (SSSR count). The van der Waals surface area contributed by atoms with E-state index in [1.54, 1.807) is 6.92 Å². The van der Waals surface area contributed by atoms with E-state index < -0.39 is 34.5 Å². The molecule has 1 unspecified atom stereocenters. The molecular weight excluding hydrogens is 236 g/mol. The van der Waals surface area contributed by atoms with Crippen molar-refractivity contribution in [1.29, 1.82) is 0 Å². The number of amides is 1.